The molecule has 0 radical (unpaired) electrons. The molecule has 3 aromatic rings. The van der Waals surface area contributed by atoms with Gasteiger partial charge in [0.05, 0.1) is 12.7 Å². The highest BCUT2D eigenvalue weighted by molar-refractivity contribution is 5.94. The number of methoxy groups -OCH3 is 1. The molecule has 0 unspecified atom stereocenters. The van der Waals surface area contributed by atoms with Crippen molar-refractivity contribution in [1.82, 2.24) is 4.57 Å². The van der Waals surface area contributed by atoms with E-state index >= 15 is 0 Å². The van der Waals surface area contributed by atoms with Gasteiger partial charge in [-0.2, -0.15) is 0 Å². The van der Waals surface area contributed by atoms with Gasteiger partial charge in [0.1, 0.15) is 5.60 Å². The van der Waals surface area contributed by atoms with Gasteiger partial charge in [-0.3, -0.25) is 0 Å². The molecule has 2 aromatic carbocycles. The molecule has 0 amide bonds. The molecule has 5 heteroatoms. The highest BCUT2D eigenvalue weighted by atomic mass is 16.6. The van der Waals surface area contributed by atoms with Gasteiger partial charge in [-0.15, -0.1) is 0 Å². The Morgan fingerprint density at radius 2 is 1.76 bits per heavy atom. The van der Waals surface area contributed by atoms with Crippen molar-refractivity contribution < 1.29 is 19.1 Å². The lowest BCUT2D eigenvalue weighted by molar-refractivity contribution is -0.149. The number of esters is 2. The SMILES string of the molecule is CCCc1cn(Cc2ccc(C(=O)OC)cc2)c2cc(/C=C(\C)C(=O)OC(C)(C)C)ccc12. The minimum atomic E-state index is -0.524. The van der Waals surface area contributed by atoms with Gasteiger partial charge in [0.15, 0.2) is 0 Å². The fourth-order valence-electron chi connectivity index (χ4n) is 3.80. The average Bonchev–Trinajstić information content (AvgIpc) is 3.09. The van der Waals surface area contributed by atoms with Gasteiger partial charge in [0, 0.05) is 29.2 Å². The predicted octanol–water partition coefficient (Wildman–Crippen LogP) is 6.17. The largest absolute Gasteiger partial charge is 0.465 e. The van der Waals surface area contributed by atoms with Crippen LogP contribution in [-0.4, -0.2) is 29.2 Å². The summed E-state index contributed by atoms with van der Waals surface area (Å²) in [7, 11) is 1.38. The monoisotopic (exact) mass is 447 g/mol. The van der Waals surface area contributed by atoms with Gasteiger partial charge in [0.2, 0.25) is 0 Å². The number of carbonyl (C=O) groups is 2. The Hall–Kier alpha value is -3.34. The summed E-state index contributed by atoms with van der Waals surface area (Å²) in [6, 6.07) is 13.8. The first-order valence-electron chi connectivity index (χ1n) is 11.3. The van der Waals surface area contributed by atoms with Crippen molar-refractivity contribution >= 4 is 28.9 Å². The number of fused-ring (bicyclic) bond motifs is 1. The summed E-state index contributed by atoms with van der Waals surface area (Å²) in [5.41, 5.74) is 5.04. The molecule has 174 valence electrons. The smallest absolute Gasteiger partial charge is 0.337 e. The molecule has 1 aromatic heterocycles. The van der Waals surface area contributed by atoms with Crippen LogP contribution in [0.1, 0.15) is 68.1 Å². The van der Waals surface area contributed by atoms with Crippen molar-refractivity contribution in [2.24, 2.45) is 0 Å². The third kappa shape index (κ3) is 6.13. The fourth-order valence-corrected chi connectivity index (χ4v) is 3.80. The topological polar surface area (TPSA) is 57.5 Å². The number of aromatic nitrogens is 1. The minimum Gasteiger partial charge on any atom is -0.465 e. The first-order chi connectivity index (χ1) is 15.6. The molecule has 1 heterocycles. The standard InChI is InChI=1S/C28H33NO4/c1-7-8-23-18-29(17-20-9-12-22(13-10-20)27(31)32-6)25-16-21(11-14-24(23)25)15-19(2)26(30)33-28(3,4)5/h9-16,18H,7-8,17H2,1-6H3/b19-15+. The molecule has 0 N–H and O–H groups in total. The number of aryl methyl sites for hydroxylation is 1. The van der Waals surface area contributed by atoms with Gasteiger partial charge in [-0.1, -0.05) is 37.6 Å². The van der Waals surface area contributed by atoms with E-state index in [0.29, 0.717) is 17.7 Å². The summed E-state index contributed by atoms with van der Waals surface area (Å²) in [5, 5.41) is 1.22. The summed E-state index contributed by atoms with van der Waals surface area (Å²) < 4.78 is 12.5. The Labute approximate surface area is 196 Å². The Bertz CT molecular complexity index is 1180. The number of hydrogen-bond acceptors (Lipinski definition) is 4. The summed E-state index contributed by atoms with van der Waals surface area (Å²) >= 11 is 0. The zero-order chi connectivity index (χ0) is 24.2. The van der Waals surface area contributed by atoms with Crippen LogP contribution >= 0.6 is 0 Å². The molecule has 0 fully saturated rings. The third-order valence-corrected chi connectivity index (χ3v) is 5.34. The van der Waals surface area contributed by atoms with E-state index in [-0.39, 0.29) is 11.9 Å². The molecule has 0 bridgehead atoms. The molecule has 0 atom stereocenters. The van der Waals surface area contributed by atoms with E-state index in [1.54, 1.807) is 19.1 Å². The van der Waals surface area contributed by atoms with Crippen molar-refractivity contribution in [3.05, 3.63) is 76.5 Å². The molecule has 0 saturated heterocycles. The van der Waals surface area contributed by atoms with Crippen LogP contribution in [0.4, 0.5) is 0 Å². The lowest BCUT2D eigenvalue weighted by Crippen LogP contribution is -2.24. The van der Waals surface area contributed by atoms with E-state index in [4.69, 9.17) is 9.47 Å². The Kier molecular flexibility index (Phi) is 7.42. The lowest BCUT2D eigenvalue weighted by atomic mass is 10.1. The average molecular weight is 448 g/mol. The quantitative estimate of drug-likeness (QED) is 0.321. The maximum absolute atomic E-state index is 12.4. The van der Waals surface area contributed by atoms with Crippen molar-refractivity contribution in [3.8, 4) is 0 Å². The molecule has 5 nitrogen and oxygen atoms in total. The third-order valence-electron chi connectivity index (χ3n) is 5.34. The summed E-state index contributed by atoms with van der Waals surface area (Å²) in [4.78, 5) is 24.1. The number of ether oxygens (including phenoxy) is 2. The Morgan fingerprint density at radius 1 is 1.06 bits per heavy atom. The van der Waals surface area contributed by atoms with Gasteiger partial charge in [-0.05, 0) is 75.1 Å². The van der Waals surface area contributed by atoms with Crippen LogP contribution in [0.15, 0.2) is 54.2 Å². The van der Waals surface area contributed by atoms with E-state index in [1.165, 1.54) is 18.1 Å². The van der Waals surface area contributed by atoms with Gasteiger partial charge in [0.25, 0.3) is 0 Å². The van der Waals surface area contributed by atoms with Crippen LogP contribution in [0.5, 0.6) is 0 Å². The van der Waals surface area contributed by atoms with E-state index in [0.717, 1.165) is 29.5 Å². The van der Waals surface area contributed by atoms with Crippen molar-refractivity contribution in [1.29, 1.82) is 0 Å². The summed E-state index contributed by atoms with van der Waals surface area (Å²) in [6.45, 7) is 10.2. The molecular formula is C28H33NO4. The maximum atomic E-state index is 12.4. The number of rotatable bonds is 7. The number of nitrogens with zero attached hydrogens (tertiary/aromatic N) is 1. The first kappa shape index (κ1) is 24.3. The number of hydrogen-bond donors (Lipinski definition) is 0. The van der Waals surface area contributed by atoms with Crippen molar-refractivity contribution in [2.75, 3.05) is 7.11 Å². The molecule has 0 saturated carbocycles. The first-order valence-corrected chi connectivity index (χ1v) is 11.3. The molecule has 3 rings (SSSR count). The van der Waals surface area contributed by atoms with Gasteiger partial charge >= 0.3 is 11.9 Å². The number of benzene rings is 2. The van der Waals surface area contributed by atoms with Crippen LogP contribution in [0.3, 0.4) is 0 Å². The Morgan fingerprint density at radius 3 is 2.36 bits per heavy atom. The van der Waals surface area contributed by atoms with E-state index in [2.05, 4.69) is 29.8 Å². The second-order valence-electron chi connectivity index (χ2n) is 9.33. The number of carbonyl (C=O) groups excluding carboxylic acids is 2. The predicted molar refractivity (Wildman–Crippen MR) is 132 cm³/mol. The van der Waals surface area contributed by atoms with Crippen LogP contribution in [0.2, 0.25) is 0 Å². The van der Waals surface area contributed by atoms with E-state index in [9.17, 15) is 9.59 Å². The highest BCUT2D eigenvalue weighted by Gasteiger charge is 2.17. The molecule has 0 aliphatic rings. The van der Waals surface area contributed by atoms with Crippen molar-refractivity contribution in [3.63, 3.8) is 0 Å². The van der Waals surface area contributed by atoms with Crippen molar-refractivity contribution in [2.45, 2.75) is 59.6 Å². The zero-order valence-corrected chi connectivity index (χ0v) is 20.4. The normalized spacial score (nSPS) is 12.1. The van der Waals surface area contributed by atoms with E-state index in [1.807, 2.05) is 45.0 Å². The second kappa shape index (κ2) is 10.1. The summed E-state index contributed by atoms with van der Waals surface area (Å²) in [6.07, 6.45) is 6.13. The van der Waals surface area contributed by atoms with Crippen LogP contribution in [-0.2, 0) is 27.2 Å². The van der Waals surface area contributed by atoms with E-state index < -0.39 is 5.60 Å². The highest BCUT2D eigenvalue weighted by Crippen LogP contribution is 2.26. The minimum absolute atomic E-state index is 0.310. The molecule has 0 aliphatic carbocycles. The molecular weight excluding hydrogens is 414 g/mol. The molecule has 0 spiro atoms. The molecule has 33 heavy (non-hydrogen) atoms. The van der Waals surface area contributed by atoms with Crippen LogP contribution in [0.25, 0.3) is 17.0 Å². The lowest BCUT2D eigenvalue weighted by Gasteiger charge is -2.19. The van der Waals surface area contributed by atoms with Crippen LogP contribution < -0.4 is 0 Å². The Balaban J connectivity index is 1.95. The zero-order valence-electron chi connectivity index (χ0n) is 20.4. The van der Waals surface area contributed by atoms with Gasteiger partial charge in [-0.25, -0.2) is 9.59 Å². The van der Waals surface area contributed by atoms with Gasteiger partial charge < -0.3 is 14.0 Å². The summed E-state index contributed by atoms with van der Waals surface area (Å²) in [5.74, 6) is -0.648. The molecule has 0 aliphatic heterocycles. The van der Waals surface area contributed by atoms with Crippen LogP contribution in [0, 0.1) is 0 Å². The second-order valence-corrected chi connectivity index (χ2v) is 9.33. The maximum Gasteiger partial charge on any atom is 0.337 e. The fraction of sp³-hybridized carbons (Fsp3) is 0.357.